The Kier molecular flexibility index (Phi) is 5.15. The van der Waals surface area contributed by atoms with Crippen molar-refractivity contribution in [1.29, 1.82) is 0 Å². The zero-order valence-corrected chi connectivity index (χ0v) is 17.7. The predicted molar refractivity (Wildman–Crippen MR) is 115 cm³/mol. The molecule has 0 saturated heterocycles. The normalized spacial score (nSPS) is 32.7. The monoisotopic (exact) mass is 409 g/mol. The average molecular weight is 410 g/mol. The number of hydrogen-bond donors (Lipinski definition) is 3. The van der Waals surface area contributed by atoms with Crippen LogP contribution in [0.2, 0.25) is 0 Å². The molecule has 0 aliphatic heterocycles. The standard InChI is InChI=1S/C25H31NO4/c1-3-24-16-23(2,28)25(29,18-7-5-4-6-8-18)14-19(24)10-9-17-13-20(11-12-21(17)24)30-15-22(26)27/h4-8,11-13,19,28-29H,3,9-10,14-16H2,1-2H3,(H2,26,27)/t19-,23?,24?,25?/m1/s1. The van der Waals surface area contributed by atoms with Crippen molar-refractivity contribution >= 4 is 5.91 Å². The minimum atomic E-state index is -1.28. The molecule has 1 saturated carbocycles. The van der Waals surface area contributed by atoms with Gasteiger partial charge in [0, 0.05) is 5.41 Å². The number of amides is 1. The van der Waals surface area contributed by atoms with Crippen LogP contribution in [0.5, 0.6) is 5.75 Å². The van der Waals surface area contributed by atoms with Crippen LogP contribution in [0.15, 0.2) is 48.5 Å². The van der Waals surface area contributed by atoms with Gasteiger partial charge in [0.05, 0.1) is 5.60 Å². The van der Waals surface area contributed by atoms with Crippen molar-refractivity contribution in [2.45, 2.75) is 62.6 Å². The third-order valence-corrected chi connectivity index (χ3v) is 7.51. The molecule has 5 nitrogen and oxygen atoms in total. The number of fused-ring (bicyclic) bond motifs is 3. The van der Waals surface area contributed by atoms with E-state index in [1.807, 2.05) is 42.5 Å². The van der Waals surface area contributed by atoms with Crippen LogP contribution in [0.25, 0.3) is 0 Å². The van der Waals surface area contributed by atoms with Crippen molar-refractivity contribution in [2.24, 2.45) is 11.7 Å². The van der Waals surface area contributed by atoms with Crippen LogP contribution in [-0.2, 0) is 22.2 Å². The molecule has 4 atom stereocenters. The first-order valence-corrected chi connectivity index (χ1v) is 10.8. The molecule has 2 aliphatic rings. The third-order valence-electron chi connectivity index (χ3n) is 7.51. The average Bonchev–Trinajstić information content (AvgIpc) is 2.73. The van der Waals surface area contributed by atoms with E-state index in [-0.39, 0.29) is 17.9 Å². The minimum Gasteiger partial charge on any atom is -0.484 e. The maximum atomic E-state index is 11.7. The summed E-state index contributed by atoms with van der Waals surface area (Å²) in [5.41, 5.74) is 5.64. The molecule has 2 aliphatic carbocycles. The Morgan fingerprint density at radius 1 is 1.20 bits per heavy atom. The topological polar surface area (TPSA) is 92.8 Å². The van der Waals surface area contributed by atoms with Gasteiger partial charge in [0.25, 0.3) is 5.91 Å². The first-order valence-electron chi connectivity index (χ1n) is 10.8. The van der Waals surface area contributed by atoms with E-state index in [4.69, 9.17) is 10.5 Å². The zero-order chi connectivity index (χ0) is 21.6. The summed E-state index contributed by atoms with van der Waals surface area (Å²) >= 11 is 0. The molecule has 0 heterocycles. The van der Waals surface area contributed by atoms with Crippen LogP contribution in [0.1, 0.15) is 56.2 Å². The van der Waals surface area contributed by atoms with Crippen molar-refractivity contribution in [1.82, 2.24) is 0 Å². The Bertz CT molecular complexity index is 941. The second-order valence-electron chi connectivity index (χ2n) is 9.20. The Morgan fingerprint density at radius 3 is 2.60 bits per heavy atom. The smallest absolute Gasteiger partial charge is 0.255 e. The van der Waals surface area contributed by atoms with E-state index in [0.717, 1.165) is 24.8 Å². The summed E-state index contributed by atoms with van der Waals surface area (Å²) < 4.78 is 5.50. The van der Waals surface area contributed by atoms with E-state index in [1.54, 1.807) is 6.92 Å². The number of carbonyl (C=O) groups excluding carboxylic acids is 1. The SMILES string of the molecule is CCC12CC(C)(O)C(O)(c3ccccc3)C[C@H]1CCc1cc(OCC(N)=O)ccc12. The minimum absolute atomic E-state index is 0.140. The van der Waals surface area contributed by atoms with Crippen LogP contribution in [0, 0.1) is 5.92 Å². The molecule has 3 unspecified atom stereocenters. The van der Waals surface area contributed by atoms with Gasteiger partial charge in [0.15, 0.2) is 6.61 Å². The molecule has 4 N–H and O–H groups in total. The van der Waals surface area contributed by atoms with Crippen LogP contribution < -0.4 is 10.5 Å². The van der Waals surface area contributed by atoms with Gasteiger partial charge in [-0.15, -0.1) is 0 Å². The van der Waals surface area contributed by atoms with E-state index >= 15 is 0 Å². The van der Waals surface area contributed by atoms with Crippen molar-refractivity contribution in [3.8, 4) is 5.75 Å². The van der Waals surface area contributed by atoms with Crippen molar-refractivity contribution in [3.63, 3.8) is 0 Å². The molecule has 0 bridgehead atoms. The summed E-state index contributed by atoms with van der Waals surface area (Å²) in [5.74, 6) is 0.403. The molecule has 1 fully saturated rings. The summed E-state index contributed by atoms with van der Waals surface area (Å²) in [5, 5.41) is 23.3. The van der Waals surface area contributed by atoms with E-state index in [1.165, 1.54) is 11.1 Å². The van der Waals surface area contributed by atoms with Crippen molar-refractivity contribution in [3.05, 3.63) is 65.2 Å². The summed E-state index contributed by atoms with van der Waals surface area (Å²) in [6, 6.07) is 15.5. The number of benzene rings is 2. The van der Waals surface area contributed by atoms with Crippen LogP contribution >= 0.6 is 0 Å². The Morgan fingerprint density at radius 2 is 1.93 bits per heavy atom. The highest BCUT2D eigenvalue weighted by Crippen LogP contribution is 2.60. The lowest BCUT2D eigenvalue weighted by atomic mass is 9.49. The molecule has 1 amide bonds. The molecule has 30 heavy (non-hydrogen) atoms. The molecule has 5 heteroatoms. The number of nitrogens with two attached hydrogens (primary N) is 1. The lowest BCUT2D eigenvalue weighted by Crippen LogP contribution is -2.62. The van der Waals surface area contributed by atoms with Crippen molar-refractivity contribution in [2.75, 3.05) is 6.61 Å². The number of rotatable bonds is 5. The van der Waals surface area contributed by atoms with Gasteiger partial charge in [-0.2, -0.15) is 0 Å². The Balaban J connectivity index is 1.72. The van der Waals surface area contributed by atoms with Crippen molar-refractivity contribution < 1.29 is 19.7 Å². The molecule has 2 aromatic carbocycles. The van der Waals surface area contributed by atoms with E-state index in [0.29, 0.717) is 18.6 Å². The highest BCUT2D eigenvalue weighted by molar-refractivity contribution is 5.75. The quantitative estimate of drug-likeness (QED) is 0.707. The molecule has 0 aromatic heterocycles. The lowest BCUT2D eigenvalue weighted by molar-refractivity contribution is -0.205. The lowest BCUT2D eigenvalue weighted by Gasteiger charge is -2.59. The van der Waals surface area contributed by atoms with Gasteiger partial charge in [-0.25, -0.2) is 0 Å². The molecule has 160 valence electrons. The summed E-state index contributed by atoms with van der Waals surface area (Å²) in [7, 11) is 0. The van der Waals surface area contributed by atoms with E-state index < -0.39 is 17.1 Å². The summed E-state index contributed by atoms with van der Waals surface area (Å²) in [6.45, 7) is 3.80. The van der Waals surface area contributed by atoms with Gasteiger partial charge >= 0.3 is 0 Å². The second kappa shape index (κ2) is 7.40. The predicted octanol–water partition coefficient (Wildman–Crippen LogP) is 3.19. The van der Waals surface area contributed by atoms with Gasteiger partial charge in [0.1, 0.15) is 11.4 Å². The number of carbonyl (C=O) groups is 1. The molecular weight excluding hydrogens is 378 g/mol. The second-order valence-corrected chi connectivity index (χ2v) is 9.20. The van der Waals surface area contributed by atoms with Gasteiger partial charge in [0.2, 0.25) is 0 Å². The highest BCUT2D eigenvalue weighted by atomic mass is 16.5. The first-order chi connectivity index (χ1) is 14.2. The molecule has 0 radical (unpaired) electrons. The molecule has 0 spiro atoms. The fraction of sp³-hybridized carbons (Fsp3) is 0.480. The largest absolute Gasteiger partial charge is 0.484 e. The first kappa shape index (κ1) is 20.9. The Hall–Kier alpha value is -2.37. The molecule has 4 rings (SSSR count). The maximum Gasteiger partial charge on any atom is 0.255 e. The third kappa shape index (κ3) is 3.21. The summed E-state index contributed by atoms with van der Waals surface area (Å²) in [4.78, 5) is 11.0. The van der Waals surface area contributed by atoms with Gasteiger partial charge in [-0.3, -0.25) is 4.79 Å². The highest BCUT2D eigenvalue weighted by Gasteiger charge is 2.60. The van der Waals surface area contributed by atoms with Crippen LogP contribution in [-0.4, -0.2) is 28.3 Å². The van der Waals surface area contributed by atoms with E-state index in [9.17, 15) is 15.0 Å². The van der Waals surface area contributed by atoms with Gasteiger partial charge in [-0.1, -0.05) is 43.3 Å². The fourth-order valence-corrected chi connectivity index (χ4v) is 5.95. The number of ether oxygens (including phenoxy) is 1. The number of hydrogen-bond acceptors (Lipinski definition) is 4. The summed E-state index contributed by atoms with van der Waals surface area (Å²) in [6.07, 6.45) is 3.71. The number of aliphatic hydroxyl groups is 2. The fourth-order valence-electron chi connectivity index (χ4n) is 5.95. The van der Waals surface area contributed by atoms with E-state index in [2.05, 4.69) is 13.0 Å². The van der Waals surface area contributed by atoms with Gasteiger partial charge < -0.3 is 20.7 Å². The van der Waals surface area contributed by atoms with Gasteiger partial charge in [-0.05, 0) is 73.8 Å². The Labute approximate surface area is 177 Å². The number of primary amides is 1. The molecular formula is C25H31NO4. The molecule has 2 aromatic rings. The zero-order valence-electron chi connectivity index (χ0n) is 17.7. The number of aryl methyl sites for hydroxylation is 1. The van der Waals surface area contributed by atoms with Crippen LogP contribution in [0.3, 0.4) is 0 Å². The van der Waals surface area contributed by atoms with Crippen LogP contribution in [0.4, 0.5) is 0 Å². The maximum absolute atomic E-state index is 11.7.